The Labute approximate surface area is 100 Å². The normalized spacial score (nSPS) is 14.3. The van der Waals surface area contributed by atoms with E-state index in [1.54, 1.807) is 12.1 Å². The lowest BCUT2D eigenvalue weighted by Gasteiger charge is -2.21. The SMILES string of the molecule is CC(C)(C)OC(=O)c1ccc2c(n1)NCCO2. The molecule has 0 unspecified atom stereocenters. The predicted octanol–water partition coefficient (Wildman–Crippen LogP) is 1.84. The van der Waals surface area contributed by atoms with Gasteiger partial charge in [-0.3, -0.25) is 0 Å². The minimum atomic E-state index is -0.515. The van der Waals surface area contributed by atoms with Gasteiger partial charge in [-0.1, -0.05) is 0 Å². The zero-order valence-electron chi connectivity index (χ0n) is 10.2. The first-order valence-electron chi connectivity index (χ1n) is 5.57. The molecule has 5 nitrogen and oxygen atoms in total. The average molecular weight is 236 g/mol. The molecular formula is C12H16N2O3. The van der Waals surface area contributed by atoms with Crippen molar-refractivity contribution in [1.82, 2.24) is 4.98 Å². The maximum Gasteiger partial charge on any atom is 0.357 e. The molecule has 0 bridgehead atoms. The van der Waals surface area contributed by atoms with Crippen molar-refractivity contribution in [2.24, 2.45) is 0 Å². The highest BCUT2D eigenvalue weighted by molar-refractivity contribution is 5.88. The first-order valence-corrected chi connectivity index (χ1v) is 5.57. The number of anilines is 1. The van der Waals surface area contributed by atoms with Crippen molar-refractivity contribution in [3.8, 4) is 5.75 Å². The van der Waals surface area contributed by atoms with Crippen molar-refractivity contribution < 1.29 is 14.3 Å². The fraction of sp³-hybridized carbons (Fsp3) is 0.500. The molecule has 2 heterocycles. The number of nitrogens with one attached hydrogen (secondary N) is 1. The summed E-state index contributed by atoms with van der Waals surface area (Å²) < 4.78 is 10.6. The summed E-state index contributed by atoms with van der Waals surface area (Å²) in [6, 6.07) is 3.34. The van der Waals surface area contributed by atoms with E-state index in [2.05, 4.69) is 10.3 Å². The molecule has 1 aliphatic rings. The largest absolute Gasteiger partial charge is 0.488 e. The molecule has 0 saturated carbocycles. The van der Waals surface area contributed by atoms with Gasteiger partial charge in [0.25, 0.3) is 0 Å². The minimum Gasteiger partial charge on any atom is -0.488 e. The molecule has 5 heteroatoms. The molecule has 2 rings (SSSR count). The molecule has 1 aromatic rings. The van der Waals surface area contributed by atoms with Crippen molar-refractivity contribution in [2.45, 2.75) is 26.4 Å². The Bertz CT molecular complexity index is 438. The Morgan fingerprint density at radius 1 is 1.47 bits per heavy atom. The summed E-state index contributed by atoms with van der Waals surface area (Å²) in [5.41, 5.74) is -0.227. The van der Waals surface area contributed by atoms with Crippen LogP contribution in [0.15, 0.2) is 12.1 Å². The van der Waals surface area contributed by atoms with Gasteiger partial charge in [0.2, 0.25) is 0 Å². The second kappa shape index (κ2) is 4.24. The quantitative estimate of drug-likeness (QED) is 0.754. The molecule has 0 aromatic carbocycles. The van der Waals surface area contributed by atoms with Crippen molar-refractivity contribution >= 4 is 11.8 Å². The molecule has 1 aromatic heterocycles. The van der Waals surface area contributed by atoms with E-state index in [9.17, 15) is 4.79 Å². The summed E-state index contributed by atoms with van der Waals surface area (Å²) in [6.45, 7) is 6.78. The van der Waals surface area contributed by atoms with E-state index in [1.165, 1.54) is 0 Å². The molecule has 0 fully saturated rings. The third-order valence-electron chi connectivity index (χ3n) is 2.12. The van der Waals surface area contributed by atoms with Gasteiger partial charge >= 0.3 is 5.97 Å². The second-order valence-electron chi connectivity index (χ2n) is 4.82. The number of fused-ring (bicyclic) bond motifs is 1. The van der Waals surface area contributed by atoms with E-state index in [0.29, 0.717) is 24.7 Å². The van der Waals surface area contributed by atoms with Gasteiger partial charge in [0, 0.05) is 0 Å². The summed E-state index contributed by atoms with van der Waals surface area (Å²) in [5, 5.41) is 3.08. The third-order valence-corrected chi connectivity index (χ3v) is 2.12. The summed E-state index contributed by atoms with van der Waals surface area (Å²) in [4.78, 5) is 16.0. The number of hydrogen-bond donors (Lipinski definition) is 1. The Balaban J connectivity index is 2.19. The van der Waals surface area contributed by atoms with Crippen molar-refractivity contribution in [3.05, 3.63) is 17.8 Å². The van der Waals surface area contributed by atoms with Crippen LogP contribution in [0.5, 0.6) is 5.75 Å². The van der Waals surface area contributed by atoms with Crippen LogP contribution in [0.4, 0.5) is 5.82 Å². The molecule has 0 spiro atoms. The molecule has 1 N–H and O–H groups in total. The lowest BCUT2D eigenvalue weighted by molar-refractivity contribution is 0.00629. The highest BCUT2D eigenvalue weighted by Gasteiger charge is 2.21. The van der Waals surface area contributed by atoms with Crippen molar-refractivity contribution in [3.63, 3.8) is 0 Å². The zero-order chi connectivity index (χ0) is 12.5. The smallest absolute Gasteiger partial charge is 0.357 e. The summed E-state index contributed by atoms with van der Waals surface area (Å²) in [5.74, 6) is 0.843. The Morgan fingerprint density at radius 3 is 2.94 bits per heavy atom. The Morgan fingerprint density at radius 2 is 2.24 bits per heavy atom. The van der Waals surface area contributed by atoms with Gasteiger partial charge in [-0.25, -0.2) is 9.78 Å². The maximum atomic E-state index is 11.8. The number of carbonyl (C=O) groups excluding carboxylic acids is 1. The van der Waals surface area contributed by atoms with Crippen molar-refractivity contribution in [2.75, 3.05) is 18.5 Å². The van der Waals surface area contributed by atoms with E-state index in [1.807, 2.05) is 20.8 Å². The van der Waals surface area contributed by atoms with Gasteiger partial charge in [0.15, 0.2) is 17.3 Å². The standard InChI is InChI=1S/C12H16N2O3/c1-12(2,3)17-11(15)8-4-5-9-10(14-8)13-6-7-16-9/h4-5H,6-7H2,1-3H3,(H,13,14). The van der Waals surface area contributed by atoms with Crippen LogP contribution in [-0.2, 0) is 4.74 Å². The number of hydrogen-bond acceptors (Lipinski definition) is 5. The minimum absolute atomic E-state index is 0.289. The van der Waals surface area contributed by atoms with Crippen LogP contribution in [0.2, 0.25) is 0 Å². The van der Waals surface area contributed by atoms with Gasteiger partial charge < -0.3 is 14.8 Å². The fourth-order valence-corrected chi connectivity index (χ4v) is 1.46. The van der Waals surface area contributed by atoms with E-state index in [-0.39, 0.29) is 5.69 Å². The van der Waals surface area contributed by atoms with Crippen LogP contribution >= 0.6 is 0 Å². The summed E-state index contributed by atoms with van der Waals surface area (Å²) in [7, 11) is 0. The molecule has 1 aliphatic heterocycles. The lowest BCUT2D eigenvalue weighted by Crippen LogP contribution is -2.25. The topological polar surface area (TPSA) is 60.5 Å². The van der Waals surface area contributed by atoms with E-state index in [0.717, 1.165) is 0 Å². The molecule has 0 atom stereocenters. The van der Waals surface area contributed by atoms with Crippen molar-refractivity contribution in [1.29, 1.82) is 0 Å². The first kappa shape index (κ1) is 11.7. The summed E-state index contributed by atoms with van der Waals surface area (Å²) in [6.07, 6.45) is 0. The van der Waals surface area contributed by atoms with Crippen LogP contribution in [-0.4, -0.2) is 29.7 Å². The predicted molar refractivity (Wildman–Crippen MR) is 63.4 cm³/mol. The van der Waals surface area contributed by atoms with Gasteiger partial charge in [0.1, 0.15) is 12.2 Å². The number of carbonyl (C=O) groups is 1. The molecule has 0 saturated heterocycles. The highest BCUT2D eigenvalue weighted by Crippen LogP contribution is 2.25. The molecule has 17 heavy (non-hydrogen) atoms. The zero-order valence-corrected chi connectivity index (χ0v) is 10.2. The molecule has 0 amide bonds. The first-order chi connectivity index (χ1) is 7.96. The number of rotatable bonds is 1. The Hall–Kier alpha value is -1.78. The second-order valence-corrected chi connectivity index (χ2v) is 4.82. The van der Waals surface area contributed by atoms with Crippen LogP contribution < -0.4 is 10.1 Å². The van der Waals surface area contributed by atoms with E-state index < -0.39 is 11.6 Å². The third kappa shape index (κ3) is 2.87. The number of nitrogens with zero attached hydrogens (tertiary/aromatic N) is 1. The monoisotopic (exact) mass is 236 g/mol. The number of esters is 1. The number of aromatic nitrogens is 1. The van der Waals surface area contributed by atoms with Crippen LogP contribution in [0.3, 0.4) is 0 Å². The lowest BCUT2D eigenvalue weighted by atomic mass is 10.2. The van der Waals surface area contributed by atoms with Crippen LogP contribution in [0.1, 0.15) is 31.3 Å². The molecule has 92 valence electrons. The van der Waals surface area contributed by atoms with Gasteiger partial charge in [-0.05, 0) is 32.9 Å². The van der Waals surface area contributed by atoms with Gasteiger partial charge in [-0.2, -0.15) is 0 Å². The van der Waals surface area contributed by atoms with Crippen LogP contribution in [0.25, 0.3) is 0 Å². The summed E-state index contributed by atoms with van der Waals surface area (Å²) >= 11 is 0. The van der Waals surface area contributed by atoms with Gasteiger partial charge in [0.05, 0.1) is 6.54 Å². The average Bonchev–Trinajstić information content (AvgIpc) is 2.26. The molecule has 0 aliphatic carbocycles. The van der Waals surface area contributed by atoms with Crippen LogP contribution in [0, 0.1) is 0 Å². The number of ether oxygens (including phenoxy) is 2. The molecule has 0 radical (unpaired) electrons. The fourth-order valence-electron chi connectivity index (χ4n) is 1.46. The van der Waals surface area contributed by atoms with E-state index >= 15 is 0 Å². The number of pyridine rings is 1. The maximum absolute atomic E-state index is 11.8. The molecular weight excluding hydrogens is 220 g/mol. The highest BCUT2D eigenvalue weighted by atomic mass is 16.6. The Kier molecular flexibility index (Phi) is 2.92. The van der Waals surface area contributed by atoms with E-state index in [4.69, 9.17) is 9.47 Å². The van der Waals surface area contributed by atoms with Gasteiger partial charge in [-0.15, -0.1) is 0 Å².